The SMILES string of the molecule is C[C@@H]1C/C=C/C2=C\[C@@H]3C[C@H]4[C@@H]5C6=C3[C@]37C(=O)O/C(=C(/O)C[C@@H]([C@]89C=C[C@H]%10CCC[C@]%10%11CCC[C@@]%11(C8)C8(CCCC8)C9)N8C[C@H]9C[C@@H](C8)[C@@H]8CCC(=C5N8C9)C[C@@H]4C)[C@@]3(CC6)[C@]3(OC(=O)c4c(CCCN)cccc43)[C@H]7C[C@H]2[C@@H]2CCC[C@@]3(CC[C@H]4[C@H](C=C[C@H]43)C1)C2. The number of hydrogen-bond donors (Lipinski definition) is 2. The zero-order chi connectivity index (χ0) is 60.6. The van der Waals surface area contributed by atoms with Gasteiger partial charge in [0.15, 0.2) is 11.4 Å². The van der Waals surface area contributed by atoms with Gasteiger partial charge in [-0.1, -0.05) is 118 Å². The smallest absolute Gasteiger partial charge is 0.339 e. The molecule has 7 saturated carbocycles. The zero-order valence-corrected chi connectivity index (χ0v) is 55.3. The molecule has 24 atom stereocenters. The first-order chi connectivity index (χ1) is 44.3. The molecule has 9 aliphatic heterocycles. The molecular formula is C83H105N3O5. The summed E-state index contributed by atoms with van der Waals surface area (Å²) in [5.74, 6) is 6.49. The normalized spacial score (nSPS) is 53.1. The van der Waals surface area contributed by atoms with E-state index in [1.165, 1.54) is 159 Å². The van der Waals surface area contributed by atoms with Crippen LogP contribution in [-0.2, 0) is 26.3 Å². The lowest BCUT2D eigenvalue weighted by molar-refractivity contribution is -0.283. The molecule has 8 nitrogen and oxygen atoms in total. The van der Waals surface area contributed by atoms with Gasteiger partial charge in [0.2, 0.25) is 0 Å². The Balaban J connectivity index is 0.829. The van der Waals surface area contributed by atoms with Gasteiger partial charge in [-0.2, -0.15) is 0 Å². The van der Waals surface area contributed by atoms with Gasteiger partial charge >= 0.3 is 11.9 Å². The van der Waals surface area contributed by atoms with E-state index in [1.54, 1.807) is 16.8 Å². The minimum Gasteiger partial charge on any atom is -0.509 e. The maximum atomic E-state index is 17.5. The highest BCUT2D eigenvalue weighted by molar-refractivity contribution is 6.00. The number of ether oxygens (including phenoxy) is 2. The van der Waals surface area contributed by atoms with E-state index in [0.29, 0.717) is 124 Å². The fourth-order valence-electron chi connectivity index (χ4n) is 31.8. The number of rotatable bonds is 4. The molecule has 19 bridgehead atoms. The summed E-state index contributed by atoms with van der Waals surface area (Å²) in [6, 6.07) is 7.22. The maximum absolute atomic E-state index is 17.5. The van der Waals surface area contributed by atoms with Crippen LogP contribution >= 0.6 is 0 Å². The number of aliphatic hydroxyl groups is 1. The van der Waals surface area contributed by atoms with Gasteiger partial charge in [-0.05, 0) is 271 Å². The summed E-state index contributed by atoms with van der Waals surface area (Å²) in [5, 5.41) is 14.7. The molecule has 0 aromatic heterocycles. The van der Waals surface area contributed by atoms with E-state index in [-0.39, 0.29) is 47.1 Å². The Hall–Kier alpha value is -4.14. The lowest BCUT2D eigenvalue weighted by atomic mass is 9.27. The van der Waals surface area contributed by atoms with E-state index in [2.05, 4.69) is 84.4 Å². The van der Waals surface area contributed by atoms with Gasteiger partial charge in [-0.15, -0.1) is 0 Å². The van der Waals surface area contributed by atoms with E-state index in [1.807, 2.05) is 0 Å². The minimum absolute atomic E-state index is 0.0334. The molecule has 3 N–H and O–H groups in total. The predicted octanol–water partition coefficient (Wildman–Crippen LogP) is 16.9. The van der Waals surface area contributed by atoms with Crippen molar-refractivity contribution in [3.05, 3.63) is 117 Å². The molecule has 23 aliphatic rings. The van der Waals surface area contributed by atoms with Gasteiger partial charge < -0.3 is 25.2 Å². The first-order valence-corrected chi connectivity index (χ1v) is 38.8. The van der Waals surface area contributed by atoms with Gasteiger partial charge in [-0.25, -0.2) is 4.79 Å². The number of hydrogen-bond acceptors (Lipinski definition) is 8. The number of fused-ring (bicyclic) bond motifs is 7. The third kappa shape index (κ3) is 6.58. The molecule has 91 heavy (non-hydrogen) atoms. The molecule has 7 spiro atoms. The lowest BCUT2D eigenvalue weighted by Gasteiger charge is -2.73. The number of nitrogens with two attached hydrogens (primary N) is 1. The summed E-state index contributed by atoms with van der Waals surface area (Å²) in [7, 11) is 0. The maximum Gasteiger partial charge on any atom is 0.339 e. The Morgan fingerprint density at radius 1 is 0.813 bits per heavy atom. The van der Waals surface area contributed by atoms with Crippen molar-refractivity contribution in [2.24, 2.45) is 126 Å². The molecule has 1 aromatic carbocycles. The monoisotopic (exact) mass is 1220 g/mol. The van der Waals surface area contributed by atoms with Crippen LogP contribution < -0.4 is 5.73 Å². The van der Waals surface area contributed by atoms with Crippen LogP contribution in [0.25, 0.3) is 0 Å². The molecule has 8 heteroatoms. The highest BCUT2D eigenvalue weighted by Gasteiger charge is 2.94. The Morgan fingerprint density at radius 2 is 1.70 bits per heavy atom. The Morgan fingerprint density at radius 3 is 2.60 bits per heavy atom. The van der Waals surface area contributed by atoms with Crippen LogP contribution in [0.1, 0.15) is 228 Å². The number of allylic oxidation sites excluding steroid dienone is 9. The standard InChI is InChI=1S/C83H105N3O5/c1-48-11-5-13-52-38-56-39-61-49(2)36-54-19-21-65-57-37-50-43-85(45-57)68(77-31-22-58-16-8-28-79(58)29-10-30-80(79,47-77)78(46-77)26-3-4-27-78)41-66(87)73-81-33-24-60(70(61)72(54)86(65)44-50)71(56)82(81,75(89)90-73)67(83(81)64-17-6-12-51(15-9-34-84)69(64)74(88)91-83)40-62(52)55-14-7-25-76(42-55)32-23-59-53(35-48)18-20-63(59)76/h5-6,12-13,17-18,20,22,31,38,48-50,53,55-59,61-63,65,67-68,70,87H,3-4,7-11,14-16,19,21,23-30,32-37,39-47,84H2,1-2H3/b13-5+,52-38+,73-66+/t48-,49+,50-,53-,55-,56-,57+,58-,59+,61-,62-,63-,65+,67+,68+,70+,76-,77+,79+,80-,81-,82-,83-/m1/s1. The quantitative estimate of drug-likeness (QED) is 0.227. The van der Waals surface area contributed by atoms with Crippen LogP contribution in [0, 0.1) is 121 Å². The van der Waals surface area contributed by atoms with Crippen LogP contribution in [0.3, 0.4) is 0 Å². The number of esters is 2. The summed E-state index contributed by atoms with van der Waals surface area (Å²) in [5.41, 5.74) is 14.7. The second-order valence-corrected chi connectivity index (χ2v) is 36.7. The van der Waals surface area contributed by atoms with Crippen LogP contribution in [0.4, 0.5) is 0 Å². The third-order valence-electron chi connectivity index (χ3n) is 34.0. The second kappa shape index (κ2) is 18.9. The van der Waals surface area contributed by atoms with E-state index in [0.717, 1.165) is 68.8 Å². The van der Waals surface area contributed by atoms with Gasteiger partial charge in [-0.3, -0.25) is 9.69 Å². The fourth-order valence-corrected chi connectivity index (χ4v) is 31.8. The van der Waals surface area contributed by atoms with Crippen molar-refractivity contribution in [3.63, 3.8) is 0 Å². The van der Waals surface area contributed by atoms with Crippen molar-refractivity contribution in [2.75, 3.05) is 26.2 Å². The first-order valence-electron chi connectivity index (χ1n) is 38.8. The summed E-state index contributed by atoms with van der Waals surface area (Å²) in [4.78, 5) is 39.7. The predicted molar refractivity (Wildman–Crippen MR) is 353 cm³/mol. The van der Waals surface area contributed by atoms with Crippen LogP contribution in [0.2, 0.25) is 0 Å². The van der Waals surface area contributed by atoms with E-state index >= 15 is 9.59 Å². The second-order valence-electron chi connectivity index (χ2n) is 36.7. The number of carbonyl (C=O) groups excluding carboxylic acids is 2. The van der Waals surface area contributed by atoms with Crippen LogP contribution in [-0.4, -0.2) is 65.1 Å². The third-order valence-corrected chi connectivity index (χ3v) is 34.0. The van der Waals surface area contributed by atoms with Crippen LogP contribution in [0.15, 0.2) is 100 Å². The molecule has 3 saturated heterocycles. The number of piperidine rings is 2. The van der Waals surface area contributed by atoms with Gasteiger partial charge in [0.05, 0.1) is 11.0 Å². The molecule has 1 aromatic rings. The molecule has 1 unspecified atom stereocenters. The number of aryl methyl sites for hydroxylation is 1. The molecule has 24 rings (SSSR count). The lowest BCUT2D eigenvalue weighted by Crippen LogP contribution is -2.78. The van der Waals surface area contributed by atoms with Crippen LogP contribution in [0.5, 0.6) is 0 Å². The Kier molecular flexibility index (Phi) is 11.6. The van der Waals surface area contributed by atoms with Gasteiger partial charge in [0.25, 0.3) is 0 Å². The van der Waals surface area contributed by atoms with Gasteiger partial charge in [0.1, 0.15) is 11.2 Å². The largest absolute Gasteiger partial charge is 0.509 e. The van der Waals surface area contributed by atoms with Crippen molar-refractivity contribution in [2.45, 2.75) is 231 Å². The highest BCUT2D eigenvalue weighted by Crippen LogP contribution is 2.89. The molecule has 10 fully saturated rings. The number of nitrogens with zero attached hydrogens (tertiary/aromatic N) is 2. The van der Waals surface area contributed by atoms with E-state index in [4.69, 9.17) is 15.2 Å². The van der Waals surface area contributed by atoms with Crippen molar-refractivity contribution in [1.82, 2.24) is 9.80 Å². The topological polar surface area (TPSA) is 105 Å². The molecule has 0 amide bonds. The van der Waals surface area contributed by atoms with Crippen molar-refractivity contribution < 1.29 is 24.2 Å². The highest BCUT2D eigenvalue weighted by atomic mass is 16.6. The first kappa shape index (κ1) is 56.1. The molecule has 14 aliphatic carbocycles. The average Bonchev–Trinajstić information content (AvgIpc) is 1.54. The Labute approximate surface area is 543 Å². The minimum atomic E-state index is -1.22. The summed E-state index contributed by atoms with van der Waals surface area (Å²) in [6.07, 6.45) is 55.6. The summed E-state index contributed by atoms with van der Waals surface area (Å²) < 4.78 is 15.5. The van der Waals surface area contributed by atoms with E-state index in [9.17, 15) is 5.11 Å². The summed E-state index contributed by atoms with van der Waals surface area (Å²) >= 11 is 0. The van der Waals surface area contributed by atoms with Crippen molar-refractivity contribution >= 4 is 11.9 Å². The zero-order valence-electron chi connectivity index (χ0n) is 55.3. The number of aliphatic hydroxyl groups excluding tert-OH is 1. The molecule has 9 heterocycles. The van der Waals surface area contributed by atoms with Crippen molar-refractivity contribution in [3.8, 4) is 0 Å². The molecule has 0 radical (unpaired) electrons. The van der Waals surface area contributed by atoms with Gasteiger partial charge in [0, 0.05) is 72.6 Å². The number of benzene rings is 1. The fraction of sp³-hybridized carbons (Fsp3) is 0.735. The molecule has 482 valence electrons. The van der Waals surface area contributed by atoms with E-state index < -0.39 is 16.4 Å². The number of carbonyl (C=O) groups is 2. The Bertz CT molecular complexity index is 3610. The average molecular weight is 1220 g/mol. The van der Waals surface area contributed by atoms with Crippen molar-refractivity contribution in [1.29, 1.82) is 0 Å². The summed E-state index contributed by atoms with van der Waals surface area (Å²) in [6.45, 7) is 8.98. The molecular weight excluding hydrogens is 1120 g/mol.